The SMILES string of the molecule is CCCCCCCCCCCCCCCCCCCCCCCCCCCCCCCCCCCCCCCCCCC(=O)OC(CO)COC(=O)CCCCCCCCCCCCCCCCCCCCCCCCCCCCCCCCCCCCCCCCC. The molecule has 0 aromatic carbocycles. The van der Waals surface area contributed by atoms with Crippen molar-refractivity contribution in [3.8, 4) is 0 Å². The summed E-state index contributed by atoms with van der Waals surface area (Å²) in [5, 5.41) is 9.74. The molecule has 0 bridgehead atoms. The van der Waals surface area contributed by atoms with Gasteiger partial charge in [0.25, 0.3) is 0 Å². The van der Waals surface area contributed by atoms with Crippen LogP contribution in [-0.2, 0) is 19.1 Å². The first-order chi connectivity index (χ1) is 46.1. The lowest BCUT2D eigenvalue weighted by Crippen LogP contribution is -2.28. The molecule has 5 heteroatoms. The van der Waals surface area contributed by atoms with Crippen molar-refractivity contribution in [2.75, 3.05) is 13.2 Å². The molecule has 0 amide bonds. The summed E-state index contributed by atoms with van der Waals surface area (Å²) in [6.07, 6.45) is 111. The van der Waals surface area contributed by atoms with Gasteiger partial charge in [-0.05, 0) is 12.8 Å². The van der Waals surface area contributed by atoms with Crippen LogP contribution in [0.5, 0.6) is 0 Å². The number of aliphatic hydroxyl groups excluding tert-OH is 1. The Morgan fingerprint density at radius 1 is 0.204 bits per heavy atom. The van der Waals surface area contributed by atoms with Crippen LogP contribution in [0.3, 0.4) is 0 Å². The normalized spacial score (nSPS) is 12.0. The van der Waals surface area contributed by atoms with Gasteiger partial charge in [-0.3, -0.25) is 9.59 Å². The minimum Gasteiger partial charge on any atom is -0.462 e. The third-order valence-corrected chi connectivity index (χ3v) is 21.2. The molecular formula is C88H174O5. The monoisotopic (exact) mass is 1310 g/mol. The molecule has 0 aromatic heterocycles. The molecule has 5 nitrogen and oxygen atoms in total. The maximum absolute atomic E-state index is 12.4. The van der Waals surface area contributed by atoms with Crippen LogP contribution in [0.25, 0.3) is 0 Å². The standard InChI is InChI=1S/C88H174O5/c1-3-5-7-9-11-13-15-17-19-21-23-25-27-29-31-33-35-37-39-41-43-45-47-49-51-53-55-57-59-61-63-65-67-69-71-73-75-77-79-81-83-88(91)93-86(84-89)85-92-87(90)82-80-78-76-74-72-70-68-66-64-62-60-58-56-54-52-50-48-46-44-42-40-38-36-34-32-30-28-26-24-22-20-18-16-14-12-10-8-6-4-2/h86,89H,3-85H2,1-2H3. The largest absolute Gasteiger partial charge is 0.462 e. The molecular weight excluding hydrogens is 1140 g/mol. The smallest absolute Gasteiger partial charge is 0.306 e. The Balaban J connectivity index is 3.31. The molecule has 0 aliphatic rings. The van der Waals surface area contributed by atoms with E-state index in [0.717, 1.165) is 32.1 Å². The number of hydrogen-bond acceptors (Lipinski definition) is 5. The molecule has 0 heterocycles. The van der Waals surface area contributed by atoms with E-state index in [0.29, 0.717) is 12.8 Å². The molecule has 1 unspecified atom stereocenters. The van der Waals surface area contributed by atoms with E-state index >= 15 is 0 Å². The predicted octanol–water partition coefficient (Wildman–Crippen LogP) is 31.1. The van der Waals surface area contributed by atoms with E-state index in [1.165, 1.54) is 475 Å². The second-order valence-electron chi connectivity index (χ2n) is 30.7. The van der Waals surface area contributed by atoms with Gasteiger partial charge in [-0.25, -0.2) is 0 Å². The van der Waals surface area contributed by atoms with E-state index in [-0.39, 0.29) is 25.2 Å². The molecule has 0 rings (SSSR count). The first kappa shape index (κ1) is 91.9. The van der Waals surface area contributed by atoms with E-state index < -0.39 is 6.10 Å². The van der Waals surface area contributed by atoms with Crippen LogP contribution in [0.2, 0.25) is 0 Å². The van der Waals surface area contributed by atoms with Gasteiger partial charge < -0.3 is 14.6 Å². The number of ether oxygens (including phenoxy) is 2. The van der Waals surface area contributed by atoms with Crippen molar-refractivity contribution in [2.24, 2.45) is 0 Å². The molecule has 0 saturated carbocycles. The van der Waals surface area contributed by atoms with Crippen LogP contribution in [-0.4, -0.2) is 36.4 Å². The summed E-state index contributed by atoms with van der Waals surface area (Å²) in [7, 11) is 0. The Hall–Kier alpha value is -1.10. The lowest BCUT2D eigenvalue weighted by Gasteiger charge is -2.15. The summed E-state index contributed by atoms with van der Waals surface area (Å²) in [5.74, 6) is -0.554. The van der Waals surface area contributed by atoms with Gasteiger partial charge in [0, 0.05) is 12.8 Å². The second-order valence-corrected chi connectivity index (χ2v) is 30.7. The fourth-order valence-electron chi connectivity index (χ4n) is 14.6. The van der Waals surface area contributed by atoms with E-state index in [1.807, 2.05) is 0 Å². The average Bonchev–Trinajstić information content (AvgIpc) is 3.63. The summed E-state index contributed by atoms with van der Waals surface area (Å²) >= 11 is 0. The van der Waals surface area contributed by atoms with Crippen molar-refractivity contribution in [3.63, 3.8) is 0 Å². The summed E-state index contributed by atoms with van der Waals surface area (Å²) < 4.78 is 10.8. The van der Waals surface area contributed by atoms with Gasteiger partial charge in [0.2, 0.25) is 0 Å². The van der Waals surface area contributed by atoms with Crippen LogP contribution in [0.1, 0.15) is 534 Å². The maximum atomic E-state index is 12.4. The van der Waals surface area contributed by atoms with Crippen molar-refractivity contribution in [1.82, 2.24) is 0 Å². The molecule has 0 spiro atoms. The van der Waals surface area contributed by atoms with Crippen LogP contribution in [0.4, 0.5) is 0 Å². The zero-order valence-electron chi connectivity index (χ0n) is 64.3. The van der Waals surface area contributed by atoms with Gasteiger partial charge in [0.05, 0.1) is 6.61 Å². The van der Waals surface area contributed by atoms with E-state index in [1.54, 1.807) is 0 Å². The topological polar surface area (TPSA) is 72.8 Å². The summed E-state index contributed by atoms with van der Waals surface area (Å²) in [5.41, 5.74) is 0. The Labute approximate surface area is 586 Å². The van der Waals surface area contributed by atoms with Gasteiger partial charge >= 0.3 is 11.9 Å². The average molecular weight is 1310 g/mol. The number of hydrogen-bond donors (Lipinski definition) is 1. The fourth-order valence-corrected chi connectivity index (χ4v) is 14.6. The molecule has 0 fully saturated rings. The Morgan fingerprint density at radius 3 is 0.473 bits per heavy atom. The zero-order valence-corrected chi connectivity index (χ0v) is 64.3. The third kappa shape index (κ3) is 83.2. The molecule has 0 radical (unpaired) electrons. The highest BCUT2D eigenvalue weighted by Gasteiger charge is 2.16. The van der Waals surface area contributed by atoms with Crippen LogP contribution < -0.4 is 0 Å². The van der Waals surface area contributed by atoms with Crippen molar-refractivity contribution in [3.05, 3.63) is 0 Å². The van der Waals surface area contributed by atoms with Gasteiger partial charge in [0.15, 0.2) is 6.10 Å². The van der Waals surface area contributed by atoms with Gasteiger partial charge in [-0.1, -0.05) is 508 Å². The Morgan fingerprint density at radius 2 is 0.333 bits per heavy atom. The van der Waals surface area contributed by atoms with Crippen molar-refractivity contribution in [2.45, 2.75) is 540 Å². The van der Waals surface area contributed by atoms with Crippen LogP contribution in [0, 0.1) is 0 Å². The molecule has 0 aliphatic heterocycles. The van der Waals surface area contributed by atoms with E-state index in [4.69, 9.17) is 9.47 Å². The van der Waals surface area contributed by atoms with E-state index in [9.17, 15) is 14.7 Å². The lowest BCUT2D eigenvalue weighted by atomic mass is 10.0. The number of aliphatic hydroxyl groups is 1. The Bertz CT molecular complexity index is 1350. The number of carbonyl (C=O) groups excluding carboxylic acids is 2. The molecule has 1 N–H and O–H groups in total. The van der Waals surface area contributed by atoms with Crippen LogP contribution >= 0.6 is 0 Å². The first-order valence-electron chi connectivity index (χ1n) is 44.1. The highest BCUT2D eigenvalue weighted by Crippen LogP contribution is 2.22. The highest BCUT2D eigenvalue weighted by molar-refractivity contribution is 5.70. The lowest BCUT2D eigenvalue weighted by molar-refractivity contribution is -0.161. The van der Waals surface area contributed by atoms with Crippen molar-refractivity contribution < 1.29 is 24.2 Å². The fraction of sp³-hybridized carbons (Fsp3) is 0.977. The minimum atomic E-state index is -0.767. The quantitative estimate of drug-likeness (QED) is 0.0485. The number of carbonyl (C=O) groups is 2. The first-order valence-corrected chi connectivity index (χ1v) is 44.1. The summed E-state index contributed by atoms with van der Waals surface area (Å²) in [6, 6.07) is 0. The summed E-state index contributed by atoms with van der Waals surface area (Å²) in [4.78, 5) is 24.8. The highest BCUT2D eigenvalue weighted by atomic mass is 16.6. The molecule has 93 heavy (non-hydrogen) atoms. The van der Waals surface area contributed by atoms with E-state index in [2.05, 4.69) is 13.8 Å². The second kappa shape index (κ2) is 85.1. The number of esters is 2. The number of unbranched alkanes of at least 4 members (excludes halogenated alkanes) is 77. The van der Waals surface area contributed by atoms with Crippen molar-refractivity contribution in [1.29, 1.82) is 0 Å². The number of rotatable bonds is 85. The van der Waals surface area contributed by atoms with Crippen LogP contribution in [0.15, 0.2) is 0 Å². The third-order valence-electron chi connectivity index (χ3n) is 21.2. The molecule has 556 valence electrons. The molecule has 1 atom stereocenters. The Kier molecular flexibility index (Phi) is 84.1. The predicted molar refractivity (Wildman–Crippen MR) is 413 cm³/mol. The summed E-state index contributed by atoms with van der Waals surface area (Å²) in [6.45, 7) is 4.24. The minimum absolute atomic E-state index is 0.0550. The molecule has 0 aliphatic carbocycles. The van der Waals surface area contributed by atoms with Crippen molar-refractivity contribution >= 4 is 11.9 Å². The maximum Gasteiger partial charge on any atom is 0.306 e. The molecule has 0 aromatic rings. The van der Waals surface area contributed by atoms with Gasteiger partial charge in [0.1, 0.15) is 6.61 Å². The van der Waals surface area contributed by atoms with Gasteiger partial charge in [-0.15, -0.1) is 0 Å². The molecule has 0 saturated heterocycles. The zero-order chi connectivity index (χ0) is 66.8. The van der Waals surface area contributed by atoms with Gasteiger partial charge in [-0.2, -0.15) is 0 Å².